The summed E-state index contributed by atoms with van der Waals surface area (Å²) in [6, 6.07) is 22.9. The number of halogens is 1. The van der Waals surface area contributed by atoms with Gasteiger partial charge in [0.2, 0.25) is 0 Å². The van der Waals surface area contributed by atoms with Gasteiger partial charge in [-0.05, 0) is 58.9 Å². The smallest absolute Gasteiger partial charge is 0.333 e. The maximum atomic E-state index is 13.3. The van der Waals surface area contributed by atoms with E-state index in [1.807, 2.05) is 24.3 Å². The van der Waals surface area contributed by atoms with Crippen molar-refractivity contribution >= 4 is 23.5 Å². The highest BCUT2D eigenvalue weighted by Gasteiger charge is 2.19. The molecule has 3 aromatic carbocycles. The lowest BCUT2D eigenvalue weighted by molar-refractivity contribution is -0.150. The minimum Gasteiger partial charge on any atom is -0.484 e. The Morgan fingerprint density at radius 1 is 0.868 bits per heavy atom. The minimum atomic E-state index is -0.994. The number of carbonyl (C=O) groups excluding carboxylic acids is 1. The van der Waals surface area contributed by atoms with Gasteiger partial charge in [-0.3, -0.25) is 4.79 Å². The van der Waals surface area contributed by atoms with E-state index in [9.17, 15) is 14.7 Å². The van der Waals surface area contributed by atoms with E-state index in [-0.39, 0.29) is 24.3 Å². The van der Waals surface area contributed by atoms with E-state index < -0.39 is 12.1 Å². The molecule has 202 valence electrons. The number of nitrogens with zero attached hydrogens (tertiary/aromatic N) is 1. The molecular weight excluding hydrogens is 502 g/mol. The third-order valence-corrected chi connectivity index (χ3v) is 6.43. The topological polar surface area (TPSA) is 76.1 Å². The van der Waals surface area contributed by atoms with Crippen LogP contribution in [0.25, 0.3) is 0 Å². The first kappa shape index (κ1) is 29.2. The summed E-state index contributed by atoms with van der Waals surface area (Å²) in [4.78, 5) is 26.4. The van der Waals surface area contributed by atoms with Crippen molar-refractivity contribution in [1.29, 1.82) is 0 Å². The first-order chi connectivity index (χ1) is 18.0. The Bertz CT molecular complexity index is 1180. The van der Waals surface area contributed by atoms with Crippen LogP contribution >= 0.6 is 11.6 Å². The molecule has 1 N–H and O–H groups in total. The predicted molar refractivity (Wildman–Crippen MR) is 150 cm³/mol. The molecular formula is C31H36ClNO5. The third kappa shape index (κ3) is 8.89. The second-order valence-electron chi connectivity index (χ2n) is 10.2. The van der Waals surface area contributed by atoms with E-state index in [0.29, 0.717) is 30.5 Å². The van der Waals surface area contributed by atoms with Gasteiger partial charge in [0.05, 0.1) is 0 Å². The Morgan fingerprint density at radius 3 is 1.89 bits per heavy atom. The van der Waals surface area contributed by atoms with Crippen molar-refractivity contribution in [2.75, 3.05) is 13.2 Å². The van der Waals surface area contributed by atoms with Crippen LogP contribution in [-0.2, 0) is 39.3 Å². The molecule has 7 heteroatoms. The molecule has 0 aliphatic rings. The van der Waals surface area contributed by atoms with Gasteiger partial charge in [-0.25, -0.2) is 4.79 Å². The molecule has 0 saturated heterocycles. The van der Waals surface area contributed by atoms with E-state index in [0.717, 1.165) is 16.7 Å². The van der Waals surface area contributed by atoms with Crippen LogP contribution in [0.1, 0.15) is 49.9 Å². The molecule has 38 heavy (non-hydrogen) atoms. The normalized spacial score (nSPS) is 12.1. The standard InChI is InChI=1S/C31H36ClNO5/c1-5-37-28(30(35)36)18-22-10-16-27(17-11-22)38-21-29(34)33(20-24-8-14-26(32)15-9-24)19-23-6-12-25(13-7-23)31(2,3)4/h6-17,28H,5,18-21H2,1-4H3,(H,35,36). The van der Waals surface area contributed by atoms with Gasteiger partial charge in [0, 0.05) is 31.1 Å². The zero-order valence-electron chi connectivity index (χ0n) is 22.4. The Hall–Kier alpha value is -3.35. The monoisotopic (exact) mass is 537 g/mol. The lowest BCUT2D eigenvalue weighted by Gasteiger charge is -2.24. The summed E-state index contributed by atoms with van der Waals surface area (Å²) in [6.07, 6.45) is -0.641. The maximum absolute atomic E-state index is 13.3. The zero-order chi connectivity index (χ0) is 27.7. The van der Waals surface area contributed by atoms with Gasteiger partial charge >= 0.3 is 5.97 Å². The third-order valence-electron chi connectivity index (χ3n) is 6.18. The average molecular weight is 538 g/mol. The van der Waals surface area contributed by atoms with E-state index in [1.165, 1.54) is 5.56 Å². The number of aliphatic carboxylic acids is 1. The predicted octanol–water partition coefficient (Wildman–Crippen LogP) is 6.28. The quantitative estimate of drug-likeness (QED) is 0.294. The second-order valence-corrected chi connectivity index (χ2v) is 10.7. The number of carboxylic acids is 1. The van der Waals surface area contributed by atoms with E-state index in [2.05, 4.69) is 45.0 Å². The fourth-order valence-corrected chi connectivity index (χ4v) is 4.09. The number of hydrogen-bond donors (Lipinski definition) is 1. The van der Waals surface area contributed by atoms with Gasteiger partial charge in [-0.1, -0.05) is 80.9 Å². The summed E-state index contributed by atoms with van der Waals surface area (Å²) in [6.45, 7) is 9.36. The zero-order valence-corrected chi connectivity index (χ0v) is 23.2. The molecule has 6 nitrogen and oxygen atoms in total. The van der Waals surface area contributed by atoms with Crippen LogP contribution < -0.4 is 4.74 Å². The van der Waals surface area contributed by atoms with Crippen LogP contribution in [0.15, 0.2) is 72.8 Å². The van der Waals surface area contributed by atoms with Crippen LogP contribution in [0, 0.1) is 0 Å². The summed E-state index contributed by atoms with van der Waals surface area (Å²) in [5, 5.41) is 9.94. The fourth-order valence-electron chi connectivity index (χ4n) is 3.96. The molecule has 1 unspecified atom stereocenters. The van der Waals surface area contributed by atoms with E-state index in [1.54, 1.807) is 36.1 Å². The first-order valence-corrected chi connectivity index (χ1v) is 13.1. The number of carbonyl (C=O) groups is 2. The number of ether oxygens (including phenoxy) is 2. The van der Waals surface area contributed by atoms with Gasteiger partial charge in [0.25, 0.3) is 5.91 Å². The largest absolute Gasteiger partial charge is 0.484 e. The van der Waals surface area contributed by atoms with Crippen molar-refractivity contribution in [2.45, 2.75) is 58.7 Å². The van der Waals surface area contributed by atoms with Crippen molar-refractivity contribution in [3.05, 3.63) is 100 Å². The highest BCUT2D eigenvalue weighted by atomic mass is 35.5. The molecule has 0 bridgehead atoms. The molecule has 0 radical (unpaired) electrons. The molecule has 1 amide bonds. The van der Waals surface area contributed by atoms with Gasteiger partial charge in [-0.2, -0.15) is 0 Å². The van der Waals surface area contributed by atoms with E-state index >= 15 is 0 Å². The molecule has 3 rings (SSSR count). The molecule has 0 saturated carbocycles. The Labute approximate surface area is 230 Å². The highest BCUT2D eigenvalue weighted by Crippen LogP contribution is 2.23. The van der Waals surface area contributed by atoms with Gasteiger partial charge in [-0.15, -0.1) is 0 Å². The molecule has 3 aromatic rings. The Balaban J connectivity index is 1.67. The van der Waals surface area contributed by atoms with Crippen molar-refractivity contribution in [3.8, 4) is 5.75 Å². The lowest BCUT2D eigenvalue weighted by atomic mass is 9.87. The SMILES string of the molecule is CCOC(Cc1ccc(OCC(=O)N(Cc2ccc(Cl)cc2)Cc2ccc(C(C)(C)C)cc2)cc1)C(=O)O. The van der Waals surface area contributed by atoms with E-state index in [4.69, 9.17) is 21.1 Å². The number of rotatable bonds is 12. The summed E-state index contributed by atoms with van der Waals surface area (Å²) in [5.41, 5.74) is 4.11. The van der Waals surface area contributed by atoms with Crippen LogP contribution in [-0.4, -0.2) is 41.2 Å². The molecule has 0 heterocycles. The molecule has 0 spiro atoms. The molecule has 1 atom stereocenters. The number of hydrogen-bond acceptors (Lipinski definition) is 4. The lowest BCUT2D eigenvalue weighted by Crippen LogP contribution is -2.34. The van der Waals surface area contributed by atoms with Gasteiger partial charge < -0.3 is 19.5 Å². The minimum absolute atomic E-state index is 0.0539. The average Bonchev–Trinajstić information content (AvgIpc) is 2.88. The highest BCUT2D eigenvalue weighted by molar-refractivity contribution is 6.30. The summed E-state index contributed by atoms with van der Waals surface area (Å²) < 4.78 is 11.1. The van der Waals surface area contributed by atoms with Crippen molar-refractivity contribution in [2.24, 2.45) is 0 Å². The van der Waals surface area contributed by atoms with Crippen LogP contribution in [0.4, 0.5) is 0 Å². The summed E-state index contributed by atoms with van der Waals surface area (Å²) in [5.74, 6) is -0.607. The maximum Gasteiger partial charge on any atom is 0.333 e. The van der Waals surface area contributed by atoms with Crippen molar-refractivity contribution < 1.29 is 24.2 Å². The van der Waals surface area contributed by atoms with Crippen LogP contribution in [0.5, 0.6) is 5.75 Å². The number of carboxylic acid groups (broad SMARTS) is 1. The number of benzene rings is 3. The molecule has 0 aromatic heterocycles. The van der Waals surface area contributed by atoms with Crippen molar-refractivity contribution in [1.82, 2.24) is 4.90 Å². The van der Waals surface area contributed by atoms with Crippen LogP contribution in [0.3, 0.4) is 0 Å². The summed E-state index contributed by atoms with van der Waals surface area (Å²) in [7, 11) is 0. The van der Waals surface area contributed by atoms with Gasteiger partial charge in [0.1, 0.15) is 5.75 Å². The molecule has 0 aliphatic carbocycles. The molecule has 0 aliphatic heterocycles. The summed E-state index contributed by atoms with van der Waals surface area (Å²) >= 11 is 6.04. The van der Waals surface area contributed by atoms with Gasteiger partial charge in [0.15, 0.2) is 12.7 Å². The first-order valence-electron chi connectivity index (χ1n) is 12.7. The Kier molecular flexibility index (Phi) is 10.3. The van der Waals surface area contributed by atoms with Crippen LogP contribution in [0.2, 0.25) is 5.02 Å². The fraction of sp³-hybridized carbons (Fsp3) is 0.355. The second kappa shape index (κ2) is 13.4. The van der Waals surface area contributed by atoms with Crippen molar-refractivity contribution in [3.63, 3.8) is 0 Å². The number of amides is 1. The Morgan fingerprint density at radius 2 is 1.39 bits per heavy atom. The molecule has 0 fully saturated rings.